The molecule has 136 valence electrons. The van der Waals surface area contributed by atoms with Crippen LogP contribution in [0, 0.1) is 0 Å². The van der Waals surface area contributed by atoms with Gasteiger partial charge < -0.3 is 15.5 Å². The number of benzene rings is 1. The van der Waals surface area contributed by atoms with Gasteiger partial charge in [0.05, 0.1) is 9.58 Å². The van der Waals surface area contributed by atoms with Gasteiger partial charge >= 0.3 is 0 Å². The maximum absolute atomic E-state index is 12.5. The third-order valence-electron chi connectivity index (χ3n) is 3.97. The van der Waals surface area contributed by atoms with E-state index in [4.69, 9.17) is 0 Å². The molecule has 8 heteroatoms. The predicted molar refractivity (Wildman–Crippen MR) is 109 cm³/mol. The van der Waals surface area contributed by atoms with Gasteiger partial charge in [-0.15, -0.1) is 11.3 Å². The summed E-state index contributed by atoms with van der Waals surface area (Å²) in [5, 5.41) is 6.42. The van der Waals surface area contributed by atoms with Crippen molar-refractivity contribution in [2.24, 2.45) is 0 Å². The van der Waals surface area contributed by atoms with E-state index in [2.05, 4.69) is 34.4 Å². The molecule has 0 fully saturated rings. The van der Waals surface area contributed by atoms with Gasteiger partial charge in [0.25, 0.3) is 11.8 Å². The normalized spacial score (nSPS) is 10.7. The van der Waals surface area contributed by atoms with Gasteiger partial charge in [0, 0.05) is 31.4 Å². The summed E-state index contributed by atoms with van der Waals surface area (Å²) >= 11 is 3.00. The Morgan fingerprint density at radius 1 is 1.08 bits per heavy atom. The smallest absolute Gasteiger partial charge is 0.265 e. The van der Waals surface area contributed by atoms with E-state index in [0.717, 1.165) is 27.8 Å². The summed E-state index contributed by atoms with van der Waals surface area (Å²) in [5.74, 6) is -0.325. The zero-order valence-corrected chi connectivity index (χ0v) is 16.5. The van der Waals surface area contributed by atoms with Gasteiger partial charge in [0.15, 0.2) is 5.13 Å². The predicted octanol–water partition coefficient (Wildman–Crippen LogP) is 3.82. The van der Waals surface area contributed by atoms with E-state index in [1.165, 1.54) is 11.3 Å². The Kier molecular flexibility index (Phi) is 5.53. The molecular formula is C18H20N4O2S2. The summed E-state index contributed by atoms with van der Waals surface area (Å²) in [7, 11) is 1.58. The van der Waals surface area contributed by atoms with Crippen molar-refractivity contribution in [3.63, 3.8) is 0 Å². The first kappa shape index (κ1) is 18.3. The number of nitrogens with one attached hydrogen (secondary N) is 2. The Morgan fingerprint density at radius 2 is 1.77 bits per heavy atom. The molecule has 0 spiro atoms. The number of thiazole rings is 1. The summed E-state index contributed by atoms with van der Waals surface area (Å²) in [6, 6.07) is 8.68. The highest BCUT2D eigenvalue weighted by Gasteiger charge is 2.16. The number of nitrogens with zero attached hydrogens (tertiary/aromatic N) is 2. The lowest BCUT2D eigenvalue weighted by Crippen LogP contribution is -2.21. The summed E-state index contributed by atoms with van der Waals surface area (Å²) in [6.45, 7) is 6.04. The molecule has 26 heavy (non-hydrogen) atoms. The van der Waals surface area contributed by atoms with Crippen molar-refractivity contribution in [3.05, 3.63) is 40.8 Å². The van der Waals surface area contributed by atoms with Crippen molar-refractivity contribution in [1.29, 1.82) is 0 Å². The number of hydrogen-bond acceptors (Lipinski definition) is 6. The fraction of sp³-hybridized carbons (Fsp3) is 0.278. The molecule has 0 aliphatic rings. The van der Waals surface area contributed by atoms with Crippen molar-refractivity contribution in [3.8, 4) is 0 Å². The molecule has 0 bridgehead atoms. The van der Waals surface area contributed by atoms with E-state index in [-0.39, 0.29) is 11.8 Å². The molecule has 0 aliphatic heterocycles. The van der Waals surface area contributed by atoms with Crippen LogP contribution in [-0.2, 0) is 0 Å². The standard InChI is InChI=1S/C18H20N4O2S2/c1-4-22(5-2)18-21-17-14(26-18)10-13(25-17)16(24)20-12-8-6-11(7-9-12)15(23)19-3/h6-10H,4-5H2,1-3H3,(H,19,23)(H,20,24). The molecule has 6 nitrogen and oxygen atoms in total. The lowest BCUT2D eigenvalue weighted by Gasteiger charge is -2.16. The highest BCUT2D eigenvalue weighted by Crippen LogP contribution is 2.34. The van der Waals surface area contributed by atoms with Gasteiger partial charge in [-0.1, -0.05) is 11.3 Å². The van der Waals surface area contributed by atoms with Gasteiger partial charge in [0.2, 0.25) is 0 Å². The summed E-state index contributed by atoms with van der Waals surface area (Å²) in [6.07, 6.45) is 0. The maximum Gasteiger partial charge on any atom is 0.265 e. The van der Waals surface area contributed by atoms with Crippen LogP contribution in [0.1, 0.15) is 33.9 Å². The van der Waals surface area contributed by atoms with Crippen LogP contribution in [-0.4, -0.2) is 36.9 Å². The van der Waals surface area contributed by atoms with Gasteiger partial charge in [-0.2, -0.15) is 0 Å². The largest absolute Gasteiger partial charge is 0.355 e. The van der Waals surface area contributed by atoms with Crippen LogP contribution in [0.5, 0.6) is 0 Å². The van der Waals surface area contributed by atoms with Gasteiger partial charge in [-0.05, 0) is 44.2 Å². The molecule has 1 aromatic carbocycles. The van der Waals surface area contributed by atoms with Crippen molar-refractivity contribution < 1.29 is 9.59 Å². The van der Waals surface area contributed by atoms with Crippen LogP contribution in [0.25, 0.3) is 9.53 Å². The molecule has 2 N–H and O–H groups in total. The van der Waals surface area contributed by atoms with Gasteiger partial charge in [-0.25, -0.2) is 4.98 Å². The van der Waals surface area contributed by atoms with Gasteiger partial charge in [0.1, 0.15) is 4.83 Å². The minimum absolute atomic E-state index is 0.156. The Labute approximate surface area is 159 Å². The summed E-state index contributed by atoms with van der Waals surface area (Å²) < 4.78 is 1.03. The van der Waals surface area contributed by atoms with Crippen molar-refractivity contribution in [1.82, 2.24) is 10.3 Å². The monoisotopic (exact) mass is 388 g/mol. The van der Waals surface area contributed by atoms with E-state index >= 15 is 0 Å². The molecule has 0 aliphatic carbocycles. The quantitative estimate of drug-likeness (QED) is 0.673. The number of carbonyl (C=O) groups excluding carboxylic acids is 2. The first-order valence-electron chi connectivity index (χ1n) is 8.34. The first-order chi connectivity index (χ1) is 12.5. The Bertz CT molecular complexity index is 895. The topological polar surface area (TPSA) is 74.3 Å². The summed E-state index contributed by atoms with van der Waals surface area (Å²) in [5.41, 5.74) is 1.20. The second-order valence-corrected chi connectivity index (χ2v) is 7.60. The molecule has 3 rings (SSSR count). The number of thiophene rings is 1. The fourth-order valence-electron chi connectivity index (χ4n) is 2.51. The van der Waals surface area contributed by atoms with E-state index < -0.39 is 0 Å². The number of amides is 2. The van der Waals surface area contributed by atoms with Gasteiger partial charge in [-0.3, -0.25) is 9.59 Å². The van der Waals surface area contributed by atoms with Crippen LogP contribution in [0.2, 0.25) is 0 Å². The van der Waals surface area contributed by atoms with Crippen molar-refractivity contribution in [2.75, 3.05) is 30.4 Å². The van der Waals surface area contributed by atoms with E-state index in [0.29, 0.717) is 16.1 Å². The zero-order chi connectivity index (χ0) is 18.7. The van der Waals surface area contributed by atoms with E-state index in [1.54, 1.807) is 42.6 Å². The van der Waals surface area contributed by atoms with Crippen LogP contribution < -0.4 is 15.5 Å². The Morgan fingerprint density at radius 3 is 2.35 bits per heavy atom. The van der Waals surface area contributed by atoms with Crippen LogP contribution in [0.15, 0.2) is 30.3 Å². The Balaban J connectivity index is 1.73. The molecule has 2 aromatic heterocycles. The fourth-order valence-corrected chi connectivity index (χ4v) is 4.74. The zero-order valence-electron chi connectivity index (χ0n) is 14.8. The molecule has 0 saturated carbocycles. The molecular weight excluding hydrogens is 368 g/mol. The van der Waals surface area contributed by atoms with E-state index in [9.17, 15) is 9.59 Å². The summed E-state index contributed by atoms with van der Waals surface area (Å²) in [4.78, 5) is 32.4. The first-order valence-corrected chi connectivity index (χ1v) is 9.97. The number of carbonyl (C=O) groups is 2. The molecule has 0 unspecified atom stereocenters. The van der Waals surface area contributed by atoms with Crippen LogP contribution >= 0.6 is 22.7 Å². The average Bonchev–Trinajstić information content (AvgIpc) is 3.22. The minimum atomic E-state index is -0.169. The highest BCUT2D eigenvalue weighted by molar-refractivity contribution is 7.29. The number of rotatable bonds is 6. The lowest BCUT2D eigenvalue weighted by molar-refractivity contribution is 0.0962. The van der Waals surface area contributed by atoms with Crippen LogP contribution in [0.3, 0.4) is 0 Å². The number of fused-ring (bicyclic) bond motifs is 1. The average molecular weight is 389 g/mol. The van der Waals surface area contributed by atoms with Crippen molar-refractivity contribution in [2.45, 2.75) is 13.8 Å². The third-order valence-corrected chi connectivity index (χ3v) is 6.19. The Hall–Kier alpha value is -2.45. The van der Waals surface area contributed by atoms with Crippen LogP contribution in [0.4, 0.5) is 10.8 Å². The lowest BCUT2D eigenvalue weighted by atomic mass is 10.2. The third kappa shape index (κ3) is 3.71. The molecule has 2 amide bonds. The molecule has 0 saturated heterocycles. The van der Waals surface area contributed by atoms with E-state index in [1.807, 2.05) is 6.07 Å². The molecule has 0 radical (unpaired) electrons. The molecule has 3 aromatic rings. The number of anilines is 2. The second kappa shape index (κ2) is 7.84. The minimum Gasteiger partial charge on any atom is -0.355 e. The maximum atomic E-state index is 12.5. The molecule has 2 heterocycles. The molecule has 0 atom stereocenters. The second-order valence-electron chi connectivity index (χ2n) is 5.56. The highest BCUT2D eigenvalue weighted by atomic mass is 32.1. The number of hydrogen-bond donors (Lipinski definition) is 2. The SMILES string of the molecule is CCN(CC)c1nc2sc(C(=O)Nc3ccc(C(=O)NC)cc3)cc2s1. The number of aromatic nitrogens is 1. The van der Waals surface area contributed by atoms with Crippen molar-refractivity contribution >= 4 is 54.8 Å².